The molecular formula is C16H24O6. The summed E-state index contributed by atoms with van der Waals surface area (Å²) < 4.78 is 10.3. The summed E-state index contributed by atoms with van der Waals surface area (Å²) in [6.45, 7) is 3.44. The lowest BCUT2D eigenvalue weighted by molar-refractivity contribution is -0.143. The number of cyclic esters (lactones) is 2. The van der Waals surface area contributed by atoms with Crippen LogP contribution in [0.4, 0.5) is 0 Å². The van der Waals surface area contributed by atoms with Crippen LogP contribution in [0.15, 0.2) is 24.3 Å². The average Bonchev–Trinajstić information content (AvgIpc) is 2.46. The Morgan fingerprint density at radius 1 is 0.818 bits per heavy atom. The van der Waals surface area contributed by atoms with Crippen molar-refractivity contribution in [2.75, 3.05) is 0 Å². The van der Waals surface area contributed by atoms with E-state index in [4.69, 9.17) is 9.47 Å². The number of esters is 2. The van der Waals surface area contributed by atoms with Crippen molar-refractivity contribution in [2.45, 2.75) is 63.9 Å². The minimum absolute atomic E-state index is 0.361. The molecule has 1 aliphatic rings. The summed E-state index contributed by atoms with van der Waals surface area (Å²) in [5, 5.41) is 19.5. The molecule has 0 saturated carbocycles. The van der Waals surface area contributed by atoms with Gasteiger partial charge in [0.05, 0.1) is 24.4 Å². The largest absolute Gasteiger partial charge is 0.460 e. The lowest BCUT2D eigenvalue weighted by Gasteiger charge is -2.15. The first-order valence-electron chi connectivity index (χ1n) is 7.50. The third-order valence-corrected chi connectivity index (χ3v) is 3.28. The van der Waals surface area contributed by atoms with Gasteiger partial charge in [0.2, 0.25) is 0 Å². The summed E-state index contributed by atoms with van der Waals surface area (Å²) in [5.41, 5.74) is 0. The third kappa shape index (κ3) is 7.95. The second-order valence-electron chi connectivity index (χ2n) is 5.50. The van der Waals surface area contributed by atoms with Gasteiger partial charge in [0.25, 0.3) is 0 Å². The summed E-state index contributed by atoms with van der Waals surface area (Å²) >= 11 is 0. The lowest BCUT2D eigenvalue weighted by Crippen LogP contribution is -2.18. The highest BCUT2D eigenvalue weighted by Gasteiger charge is 2.13. The predicted molar refractivity (Wildman–Crippen MR) is 79.9 cm³/mol. The van der Waals surface area contributed by atoms with Crippen LogP contribution in [0.25, 0.3) is 0 Å². The SMILES string of the molecule is C[C@@H]1CCC(O)C=CC(=O)O[C@H](C)CC[C@H](O)C=CC(=O)O1. The molecule has 0 aromatic carbocycles. The molecule has 0 bridgehead atoms. The maximum Gasteiger partial charge on any atom is 0.330 e. The van der Waals surface area contributed by atoms with Gasteiger partial charge in [-0.1, -0.05) is 0 Å². The Kier molecular flexibility index (Phi) is 7.84. The molecule has 0 aromatic rings. The molecule has 1 heterocycles. The second-order valence-corrected chi connectivity index (χ2v) is 5.50. The molecule has 0 radical (unpaired) electrons. The van der Waals surface area contributed by atoms with E-state index >= 15 is 0 Å². The summed E-state index contributed by atoms with van der Waals surface area (Å²) in [6.07, 6.45) is 4.44. The third-order valence-electron chi connectivity index (χ3n) is 3.28. The average molecular weight is 312 g/mol. The Labute approximate surface area is 130 Å². The van der Waals surface area contributed by atoms with Gasteiger partial charge in [0.15, 0.2) is 0 Å². The molecule has 0 aliphatic carbocycles. The number of hydrogen-bond acceptors (Lipinski definition) is 6. The van der Waals surface area contributed by atoms with E-state index in [-0.39, 0.29) is 12.2 Å². The van der Waals surface area contributed by atoms with Gasteiger partial charge in [-0.3, -0.25) is 0 Å². The van der Waals surface area contributed by atoms with Crippen LogP contribution in [0.5, 0.6) is 0 Å². The molecule has 0 aromatic heterocycles. The molecule has 2 N–H and O–H groups in total. The quantitative estimate of drug-likeness (QED) is 0.654. The van der Waals surface area contributed by atoms with Crippen LogP contribution >= 0.6 is 0 Å². The zero-order valence-corrected chi connectivity index (χ0v) is 13.0. The van der Waals surface area contributed by atoms with Gasteiger partial charge in [-0.15, -0.1) is 0 Å². The molecular weight excluding hydrogens is 288 g/mol. The summed E-state index contributed by atoms with van der Waals surface area (Å²) in [6, 6.07) is 0. The summed E-state index contributed by atoms with van der Waals surface area (Å²) in [7, 11) is 0. The molecule has 22 heavy (non-hydrogen) atoms. The van der Waals surface area contributed by atoms with E-state index in [1.165, 1.54) is 24.3 Å². The maximum atomic E-state index is 11.6. The van der Waals surface area contributed by atoms with Crippen molar-refractivity contribution in [2.24, 2.45) is 0 Å². The highest BCUT2D eigenvalue weighted by Crippen LogP contribution is 2.10. The molecule has 0 amide bonds. The molecule has 1 rings (SSSR count). The van der Waals surface area contributed by atoms with Crippen molar-refractivity contribution in [1.29, 1.82) is 0 Å². The van der Waals surface area contributed by atoms with Crippen LogP contribution in [-0.4, -0.2) is 46.6 Å². The number of ether oxygens (including phenoxy) is 2. The first kappa shape index (κ1) is 18.4. The van der Waals surface area contributed by atoms with Crippen molar-refractivity contribution < 1.29 is 29.3 Å². The van der Waals surface area contributed by atoms with Gasteiger partial charge in [-0.2, -0.15) is 0 Å². The number of aliphatic hydroxyl groups excluding tert-OH is 2. The fourth-order valence-corrected chi connectivity index (χ4v) is 1.98. The van der Waals surface area contributed by atoms with E-state index in [1.807, 2.05) is 0 Å². The fourth-order valence-electron chi connectivity index (χ4n) is 1.98. The first-order valence-corrected chi connectivity index (χ1v) is 7.50. The van der Waals surface area contributed by atoms with Crippen molar-refractivity contribution in [3.8, 4) is 0 Å². The van der Waals surface area contributed by atoms with Gasteiger partial charge >= 0.3 is 11.9 Å². The Balaban J connectivity index is 2.70. The second kappa shape index (κ2) is 9.38. The lowest BCUT2D eigenvalue weighted by atomic mass is 10.1. The van der Waals surface area contributed by atoms with E-state index in [0.29, 0.717) is 25.7 Å². The highest BCUT2D eigenvalue weighted by molar-refractivity contribution is 5.82. The maximum absolute atomic E-state index is 11.6. The zero-order valence-electron chi connectivity index (χ0n) is 13.0. The van der Waals surface area contributed by atoms with E-state index in [1.54, 1.807) is 13.8 Å². The molecule has 1 aliphatic heterocycles. The molecule has 0 spiro atoms. The van der Waals surface area contributed by atoms with Gasteiger partial charge in [0, 0.05) is 12.2 Å². The Morgan fingerprint density at radius 3 is 1.55 bits per heavy atom. The Bertz CT molecular complexity index is 388. The van der Waals surface area contributed by atoms with Crippen LogP contribution in [0, 0.1) is 0 Å². The summed E-state index contributed by atoms with van der Waals surface area (Å²) in [5.74, 6) is -1.05. The standard InChI is InChI=1S/C16H24O6/c1-11-3-5-13(17)8-10-16(20)22-12(2)4-6-14(18)7-9-15(19)21-11/h7-14,17-18H,3-6H2,1-2H3/t11-,12-,13+,14?/m1/s1. The Hall–Kier alpha value is -1.66. The zero-order chi connectivity index (χ0) is 16.5. The van der Waals surface area contributed by atoms with Crippen molar-refractivity contribution in [1.82, 2.24) is 0 Å². The smallest absolute Gasteiger partial charge is 0.330 e. The number of hydrogen-bond donors (Lipinski definition) is 2. The summed E-state index contributed by atoms with van der Waals surface area (Å²) in [4.78, 5) is 23.1. The van der Waals surface area contributed by atoms with Crippen LogP contribution in [0.1, 0.15) is 39.5 Å². The molecule has 6 heteroatoms. The number of aliphatic hydroxyl groups is 2. The van der Waals surface area contributed by atoms with Crippen LogP contribution in [0.2, 0.25) is 0 Å². The van der Waals surface area contributed by atoms with E-state index in [0.717, 1.165) is 0 Å². The van der Waals surface area contributed by atoms with Crippen molar-refractivity contribution >= 4 is 11.9 Å². The van der Waals surface area contributed by atoms with Gasteiger partial charge in [-0.05, 0) is 51.7 Å². The monoisotopic (exact) mass is 312 g/mol. The van der Waals surface area contributed by atoms with Gasteiger partial charge in [-0.25, -0.2) is 9.59 Å². The van der Waals surface area contributed by atoms with E-state index < -0.39 is 24.1 Å². The van der Waals surface area contributed by atoms with Crippen LogP contribution in [-0.2, 0) is 19.1 Å². The fraction of sp³-hybridized carbons (Fsp3) is 0.625. The number of carbonyl (C=O) groups excluding carboxylic acids is 2. The first-order chi connectivity index (χ1) is 10.4. The molecule has 0 saturated heterocycles. The topological polar surface area (TPSA) is 93.1 Å². The number of carbonyl (C=O) groups is 2. The van der Waals surface area contributed by atoms with Crippen molar-refractivity contribution in [3.63, 3.8) is 0 Å². The van der Waals surface area contributed by atoms with Gasteiger partial charge < -0.3 is 19.7 Å². The Morgan fingerprint density at radius 2 is 1.18 bits per heavy atom. The molecule has 4 atom stereocenters. The minimum atomic E-state index is -0.797. The van der Waals surface area contributed by atoms with E-state index in [2.05, 4.69) is 0 Å². The molecule has 1 unspecified atom stereocenters. The highest BCUT2D eigenvalue weighted by atomic mass is 16.5. The molecule has 124 valence electrons. The van der Waals surface area contributed by atoms with Crippen LogP contribution in [0.3, 0.4) is 0 Å². The molecule has 0 fully saturated rings. The molecule has 6 nitrogen and oxygen atoms in total. The minimum Gasteiger partial charge on any atom is -0.460 e. The number of rotatable bonds is 0. The van der Waals surface area contributed by atoms with Gasteiger partial charge in [0.1, 0.15) is 0 Å². The normalized spacial score (nSPS) is 32.4. The van der Waals surface area contributed by atoms with Crippen LogP contribution < -0.4 is 0 Å². The van der Waals surface area contributed by atoms with Crippen molar-refractivity contribution in [3.05, 3.63) is 24.3 Å². The van der Waals surface area contributed by atoms with E-state index in [9.17, 15) is 19.8 Å². The predicted octanol–water partition coefficient (Wildman–Crippen LogP) is 1.26.